The molecule has 0 unspecified atom stereocenters. The number of rotatable bonds is 3. The minimum Gasteiger partial charge on any atom is -0.370 e. The Morgan fingerprint density at radius 2 is 1.59 bits per heavy atom. The van der Waals surface area contributed by atoms with Crippen molar-refractivity contribution in [1.29, 1.82) is 0 Å². The van der Waals surface area contributed by atoms with Crippen LogP contribution in [0.15, 0.2) is 0 Å². The quantitative estimate of drug-likeness (QED) is 0.749. The molecule has 98 valence electrons. The van der Waals surface area contributed by atoms with E-state index in [4.69, 9.17) is 4.74 Å². The lowest BCUT2D eigenvalue weighted by molar-refractivity contribution is -0.152. The standard InChI is InChI=1S/C15H26O2/c1-14(2)8-10-15(17-3,11-9-14)13(16)12-6-4-5-7-12/h12H,4-11H2,1-3H3. The summed E-state index contributed by atoms with van der Waals surface area (Å²) in [4.78, 5) is 12.6. The normalized spacial score (nSPS) is 28.2. The third-order valence-corrected chi connectivity index (χ3v) is 4.98. The predicted octanol–water partition coefficient (Wildman–Crippen LogP) is 3.73. The van der Waals surface area contributed by atoms with Crippen LogP contribution in [0.5, 0.6) is 0 Å². The van der Waals surface area contributed by atoms with Gasteiger partial charge in [0.2, 0.25) is 0 Å². The molecule has 17 heavy (non-hydrogen) atoms. The molecule has 2 saturated carbocycles. The molecular weight excluding hydrogens is 212 g/mol. The average molecular weight is 238 g/mol. The van der Waals surface area contributed by atoms with Crippen molar-refractivity contribution in [2.45, 2.75) is 70.8 Å². The van der Waals surface area contributed by atoms with Crippen molar-refractivity contribution in [3.63, 3.8) is 0 Å². The van der Waals surface area contributed by atoms with Gasteiger partial charge in [0.05, 0.1) is 0 Å². The molecular formula is C15H26O2. The van der Waals surface area contributed by atoms with E-state index in [-0.39, 0.29) is 5.92 Å². The minimum absolute atomic E-state index is 0.288. The summed E-state index contributed by atoms with van der Waals surface area (Å²) >= 11 is 0. The second-order valence-corrected chi connectivity index (χ2v) is 6.71. The largest absolute Gasteiger partial charge is 0.370 e. The summed E-state index contributed by atoms with van der Waals surface area (Å²) in [6, 6.07) is 0. The van der Waals surface area contributed by atoms with Gasteiger partial charge in [0.1, 0.15) is 5.60 Å². The monoisotopic (exact) mass is 238 g/mol. The Morgan fingerprint density at radius 1 is 1.06 bits per heavy atom. The van der Waals surface area contributed by atoms with Gasteiger partial charge in [-0.1, -0.05) is 26.7 Å². The van der Waals surface area contributed by atoms with E-state index in [9.17, 15) is 4.79 Å². The summed E-state index contributed by atoms with van der Waals surface area (Å²) in [6.45, 7) is 4.60. The van der Waals surface area contributed by atoms with E-state index in [1.165, 1.54) is 12.8 Å². The van der Waals surface area contributed by atoms with Gasteiger partial charge in [-0.25, -0.2) is 0 Å². The molecule has 2 rings (SSSR count). The van der Waals surface area contributed by atoms with E-state index in [0.717, 1.165) is 38.5 Å². The third kappa shape index (κ3) is 2.57. The van der Waals surface area contributed by atoms with E-state index in [0.29, 0.717) is 11.2 Å². The molecule has 2 fully saturated rings. The van der Waals surface area contributed by atoms with Gasteiger partial charge in [0.15, 0.2) is 5.78 Å². The summed E-state index contributed by atoms with van der Waals surface area (Å²) in [5.74, 6) is 0.698. The van der Waals surface area contributed by atoms with Crippen molar-refractivity contribution in [1.82, 2.24) is 0 Å². The summed E-state index contributed by atoms with van der Waals surface area (Å²) in [6.07, 6.45) is 8.69. The van der Waals surface area contributed by atoms with Crippen LogP contribution in [0.4, 0.5) is 0 Å². The molecule has 0 radical (unpaired) electrons. The molecule has 0 amide bonds. The number of hydrogen-bond donors (Lipinski definition) is 0. The highest BCUT2D eigenvalue weighted by atomic mass is 16.5. The Hall–Kier alpha value is -0.370. The lowest BCUT2D eigenvalue weighted by atomic mass is 9.68. The molecule has 2 aliphatic rings. The maximum absolute atomic E-state index is 12.6. The molecule has 2 aliphatic carbocycles. The highest BCUT2D eigenvalue weighted by Crippen LogP contribution is 2.44. The summed E-state index contributed by atoms with van der Waals surface area (Å²) in [5.41, 5.74) is -0.0531. The van der Waals surface area contributed by atoms with Crippen molar-refractivity contribution in [2.75, 3.05) is 7.11 Å². The first-order valence-corrected chi connectivity index (χ1v) is 7.09. The number of methoxy groups -OCH3 is 1. The number of carbonyl (C=O) groups is 1. The maximum Gasteiger partial charge on any atom is 0.167 e. The average Bonchev–Trinajstić information content (AvgIpc) is 2.82. The molecule has 0 aromatic heterocycles. The molecule has 0 aromatic rings. The van der Waals surface area contributed by atoms with Crippen LogP contribution in [0.1, 0.15) is 65.2 Å². The molecule has 0 spiro atoms. The van der Waals surface area contributed by atoms with Crippen LogP contribution in [-0.2, 0) is 9.53 Å². The summed E-state index contributed by atoms with van der Waals surface area (Å²) in [7, 11) is 1.73. The zero-order chi connectivity index (χ0) is 12.5. The molecule has 2 heteroatoms. The Bertz CT molecular complexity index is 277. The third-order valence-electron chi connectivity index (χ3n) is 4.98. The number of carbonyl (C=O) groups excluding carboxylic acids is 1. The number of Topliss-reactive ketones (excluding diaryl/α,β-unsaturated/α-hetero) is 1. The zero-order valence-electron chi connectivity index (χ0n) is 11.6. The Kier molecular flexibility index (Phi) is 3.63. The fourth-order valence-corrected chi connectivity index (χ4v) is 3.44. The van der Waals surface area contributed by atoms with Crippen molar-refractivity contribution < 1.29 is 9.53 Å². The fourth-order valence-electron chi connectivity index (χ4n) is 3.44. The van der Waals surface area contributed by atoms with Crippen LogP contribution >= 0.6 is 0 Å². The zero-order valence-corrected chi connectivity index (χ0v) is 11.6. The topological polar surface area (TPSA) is 26.3 Å². The molecule has 0 bridgehead atoms. The van der Waals surface area contributed by atoms with Crippen molar-refractivity contribution in [3.8, 4) is 0 Å². The molecule has 2 nitrogen and oxygen atoms in total. The predicted molar refractivity (Wildman–Crippen MR) is 69.0 cm³/mol. The first-order valence-electron chi connectivity index (χ1n) is 7.09. The van der Waals surface area contributed by atoms with Gasteiger partial charge in [-0.05, 0) is 43.9 Å². The smallest absolute Gasteiger partial charge is 0.167 e. The highest BCUT2D eigenvalue weighted by molar-refractivity contribution is 5.89. The van der Waals surface area contributed by atoms with Crippen LogP contribution in [0.3, 0.4) is 0 Å². The lowest BCUT2D eigenvalue weighted by Crippen LogP contribution is -2.48. The lowest BCUT2D eigenvalue weighted by Gasteiger charge is -2.42. The van der Waals surface area contributed by atoms with Crippen molar-refractivity contribution in [3.05, 3.63) is 0 Å². The second kappa shape index (κ2) is 4.72. The van der Waals surface area contributed by atoms with Crippen molar-refractivity contribution >= 4 is 5.78 Å². The van der Waals surface area contributed by atoms with Crippen molar-refractivity contribution in [2.24, 2.45) is 11.3 Å². The first-order chi connectivity index (χ1) is 7.99. The molecule has 0 heterocycles. The van der Waals surface area contributed by atoms with E-state index in [1.807, 2.05) is 0 Å². The summed E-state index contributed by atoms with van der Waals surface area (Å²) < 4.78 is 5.70. The van der Waals surface area contributed by atoms with Gasteiger partial charge >= 0.3 is 0 Å². The van der Waals surface area contributed by atoms with Crippen LogP contribution in [0.2, 0.25) is 0 Å². The van der Waals surface area contributed by atoms with Crippen LogP contribution < -0.4 is 0 Å². The van der Waals surface area contributed by atoms with Gasteiger partial charge in [-0.3, -0.25) is 4.79 Å². The Labute approximate surface area is 105 Å². The number of ketones is 1. The van der Waals surface area contributed by atoms with Crippen LogP contribution in [-0.4, -0.2) is 18.5 Å². The molecule has 0 atom stereocenters. The molecule has 0 N–H and O–H groups in total. The van der Waals surface area contributed by atoms with Gasteiger partial charge < -0.3 is 4.74 Å². The van der Waals surface area contributed by atoms with Crippen LogP contribution in [0.25, 0.3) is 0 Å². The SMILES string of the molecule is COC1(C(=O)C2CCCC2)CCC(C)(C)CC1. The minimum atomic E-state index is -0.440. The van der Waals surface area contributed by atoms with E-state index in [2.05, 4.69) is 13.8 Å². The molecule has 0 aliphatic heterocycles. The van der Waals surface area contributed by atoms with Gasteiger partial charge in [-0.2, -0.15) is 0 Å². The van der Waals surface area contributed by atoms with Gasteiger partial charge in [-0.15, -0.1) is 0 Å². The van der Waals surface area contributed by atoms with Gasteiger partial charge in [0.25, 0.3) is 0 Å². The Balaban J connectivity index is 2.07. The number of ether oxygens (including phenoxy) is 1. The second-order valence-electron chi connectivity index (χ2n) is 6.71. The highest BCUT2D eigenvalue weighted by Gasteiger charge is 2.46. The van der Waals surface area contributed by atoms with Gasteiger partial charge in [0, 0.05) is 13.0 Å². The first kappa shape index (κ1) is 13.1. The Morgan fingerprint density at radius 3 is 2.06 bits per heavy atom. The van der Waals surface area contributed by atoms with E-state index >= 15 is 0 Å². The molecule has 0 aromatic carbocycles. The maximum atomic E-state index is 12.6. The molecule has 0 saturated heterocycles. The number of hydrogen-bond acceptors (Lipinski definition) is 2. The summed E-state index contributed by atoms with van der Waals surface area (Å²) in [5, 5.41) is 0. The fraction of sp³-hybridized carbons (Fsp3) is 0.933. The van der Waals surface area contributed by atoms with E-state index in [1.54, 1.807) is 7.11 Å². The van der Waals surface area contributed by atoms with E-state index < -0.39 is 5.60 Å². The van der Waals surface area contributed by atoms with Crippen LogP contribution in [0, 0.1) is 11.3 Å².